The number of hydrogen-bond donors (Lipinski definition) is 1. The van der Waals surface area contributed by atoms with Crippen LogP contribution in [0.4, 0.5) is 0 Å². The van der Waals surface area contributed by atoms with Crippen molar-refractivity contribution in [3.8, 4) is 0 Å². The lowest BCUT2D eigenvalue weighted by Crippen LogP contribution is -2.38. The van der Waals surface area contributed by atoms with Gasteiger partial charge in [0.1, 0.15) is 0 Å². The van der Waals surface area contributed by atoms with Gasteiger partial charge in [-0.25, -0.2) is 0 Å². The minimum Gasteiger partial charge on any atom is -0.312 e. The summed E-state index contributed by atoms with van der Waals surface area (Å²) in [4.78, 5) is 2.57. The maximum Gasteiger partial charge on any atom is 0.0860 e. The summed E-state index contributed by atoms with van der Waals surface area (Å²) in [7, 11) is 0. The second kappa shape index (κ2) is 6.04. The summed E-state index contributed by atoms with van der Waals surface area (Å²) < 4.78 is 2.06. The molecule has 3 rings (SSSR count). The first-order valence-electron chi connectivity index (χ1n) is 7.88. The van der Waals surface area contributed by atoms with Crippen LogP contribution >= 0.6 is 11.6 Å². The van der Waals surface area contributed by atoms with Crippen molar-refractivity contribution in [2.24, 2.45) is 0 Å². The second-order valence-corrected chi connectivity index (χ2v) is 6.49. The molecule has 1 aliphatic heterocycles. The van der Waals surface area contributed by atoms with Crippen LogP contribution in [-0.4, -0.2) is 39.9 Å². The van der Waals surface area contributed by atoms with Crippen molar-refractivity contribution in [3.05, 3.63) is 16.4 Å². The van der Waals surface area contributed by atoms with Gasteiger partial charge in [-0.1, -0.05) is 11.6 Å². The lowest BCUT2D eigenvalue weighted by molar-refractivity contribution is 0.232. The van der Waals surface area contributed by atoms with E-state index in [0.717, 1.165) is 36.4 Å². The fourth-order valence-electron chi connectivity index (χ4n) is 3.14. The third-order valence-electron chi connectivity index (χ3n) is 4.52. The molecular formula is C15H25ClN4. The molecular weight excluding hydrogens is 272 g/mol. The third kappa shape index (κ3) is 3.02. The van der Waals surface area contributed by atoms with Crippen LogP contribution in [0, 0.1) is 6.92 Å². The Morgan fingerprint density at radius 1 is 1.35 bits per heavy atom. The molecule has 20 heavy (non-hydrogen) atoms. The Balaban J connectivity index is 1.66. The molecule has 1 N–H and O–H groups in total. The Kier molecular flexibility index (Phi) is 4.34. The minimum absolute atomic E-state index is 0.659. The van der Waals surface area contributed by atoms with E-state index in [-0.39, 0.29) is 0 Å². The van der Waals surface area contributed by atoms with Gasteiger partial charge in [0.25, 0.3) is 0 Å². The number of nitrogens with one attached hydrogen (secondary N) is 1. The zero-order valence-electron chi connectivity index (χ0n) is 12.5. The summed E-state index contributed by atoms with van der Waals surface area (Å²) in [6, 6.07) is 1.46. The predicted octanol–water partition coefficient (Wildman–Crippen LogP) is 2.58. The molecule has 0 spiro atoms. The van der Waals surface area contributed by atoms with Gasteiger partial charge in [-0.05, 0) is 46.1 Å². The monoisotopic (exact) mass is 296 g/mol. The summed E-state index contributed by atoms with van der Waals surface area (Å²) >= 11 is 6.43. The molecule has 1 aromatic rings. The molecule has 4 nitrogen and oxygen atoms in total. The highest BCUT2D eigenvalue weighted by Crippen LogP contribution is 2.26. The largest absolute Gasteiger partial charge is 0.312 e. The van der Waals surface area contributed by atoms with Crippen LogP contribution in [0.1, 0.15) is 44.0 Å². The molecule has 1 saturated heterocycles. The normalized spacial score (nSPS) is 23.6. The van der Waals surface area contributed by atoms with Crippen molar-refractivity contribution < 1.29 is 0 Å². The number of halogens is 1. The molecule has 0 radical (unpaired) electrons. The topological polar surface area (TPSA) is 33.1 Å². The Morgan fingerprint density at radius 2 is 2.15 bits per heavy atom. The van der Waals surface area contributed by atoms with Crippen LogP contribution in [0.25, 0.3) is 0 Å². The van der Waals surface area contributed by atoms with Crippen LogP contribution < -0.4 is 5.32 Å². The standard InChI is InChI=1S/C15H25ClN4/c1-3-20-14(15(16)11(2)18-20)10-19-8-4-5-13(19)9-17-12-6-7-12/h12-13,17H,3-10H2,1-2H3. The maximum atomic E-state index is 6.43. The van der Waals surface area contributed by atoms with Crippen LogP contribution in [0.5, 0.6) is 0 Å². The van der Waals surface area contributed by atoms with E-state index in [2.05, 4.69) is 26.9 Å². The summed E-state index contributed by atoms with van der Waals surface area (Å²) in [5.41, 5.74) is 2.14. The van der Waals surface area contributed by atoms with Crippen molar-refractivity contribution in [2.75, 3.05) is 13.1 Å². The molecule has 0 bridgehead atoms. The SMILES string of the molecule is CCn1nc(C)c(Cl)c1CN1CCCC1CNC1CC1. The average Bonchev–Trinajstić information content (AvgIpc) is 3.11. The predicted molar refractivity (Wildman–Crippen MR) is 82.1 cm³/mol. The molecule has 5 heteroatoms. The zero-order valence-corrected chi connectivity index (χ0v) is 13.3. The Labute approximate surface area is 126 Å². The van der Waals surface area contributed by atoms with Crippen LogP contribution in [0.3, 0.4) is 0 Å². The molecule has 1 unspecified atom stereocenters. The van der Waals surface area contributed by atoms with Crippen molar-refractivity contribution in [2.45, 2.75) is 64.7 Å². The minimum atomic E-state index is 0.659. The first kappa shape index (κ1) is 14.4. The lowest BCUT2D eigenvalue weighted by Gasteiger charge is -2.25. The molecule has 1 atom stereocenters. The van der Waals surface area contributed by atoms with E-state index in [9.17, 15) is 0 Å². The van der Waals surface area contributed by atoms with Gasteiger partial charge in [0.15, 0.2) is 0 Å². The quantitative estimate of drug-likeness (QED) is 0.876. The Bertz CT molecular complexity index is 467. The van der Waals surface area contributed by atoms with Crippen LogP contribution in [0.15, 0.2) is 0 Å². The molecule has 1 saturated carbocycles. The molecule has 1 aromatic heterocycles. The summed E-state index contributed by atoms with van der Waals surface area (Å²) in [6.07, 6.45) is 5.32. The van der Waals surface area contributed by atoms with E-state index in [1.807, 2.05) is 6.92 Å². The highest BCUT2D eigenvalue weighted by atomic mass is 35.5. The molecule has 2 aliphatic rings. The summed E-state index contributed by atoms with van der Waals surface area (Å²) in [6.45, 7) is 8.26. The smallest absolute Gasteiger partial charge is 0.0860 e. The first-order valence-corrected chi connectivity index (χ1v) is 8.26. The van der Waals surface area contributed by atoms with E-state index in [4.69, 9.17) is 11.6 Å². The highest BCUT2D eigenvalue weighted by Gasteiger charge is 2.29. The molecule has 0 amide bonds. The molecule has 112 valence electrons. The highest BCUT2D eigenvalue weighted by molar-refractivity contribution is 6.31. The van der Waals surface area contributed by atoms with Crippen LogP contribution in [0.2, 0.25) is 5.02 Å². The molecule has 2 heterocycles. The lowest BCUT2D eigenvalue weighted by atomic mass is 10.2. The zero-order chi connectivity index (χ0) is 14.1. The second-order valence-electron chi connectivity index (χ2n) is 6.11. The van der Waals surface area contributed by atoms with E-state index >= 15 is 0 Å². The fraction of sp³-hybridized carbons (Fsp3) is 0.800. The van der Waals surface area contributed by atoms with E-state index in [1.54, 1.807) is 0 Å². The summed E-state index contributed by atoms with van der Waals surface area (Å²) in [5.74, 6) is 0. The van der Waals surface area contributed by atoms with Gasteiger partial charge in [-0.3, -0.25) is 9.58 Å². The molecule has 0 aromatic carbocycles. The average molecular weight is 297 g/mol. The van der Waals surface area contributed by atoms with Gasteiger partial charge in [-0.2, -0.15) is 5.10 Å². The Hall–Kier alpha value is -0.580. The van der Waals surface area contributed by atoms with Crippen molar-refractivity contribution in [1.82, 2.24) is 20.0 Å². The van der Waals surface area contributed by atoms with E-state index in [1.165, 1.54) is 37.9 Å². The van der Waals surface area contributed by atoms with Crippen LogP contribution in [-0.2, 0) is 13.1 Å². The number of aromatic nitrogens is 2. The van der Waals surface area contributed by atoms with Gasteiger partial charge in [0.05, 0.1) is 16.4 Å². The third-order valence-corrected chi connectivity index (χ3v) is 5.02. The number of likely N-dealkylation sites (tertiary alicyclic amines) is 1. The van der Waals surface area contributed by atoms with Gasteiger partial charge in [0, 0.05) is 31.7 Å². The maximum absolute atomic E-state index is 6.43. The van der Waals surface area contributed by atoms with Crippen molar-refractivity contribution >= 4 is 11.6 Å². The number of rotatable bonds is 6. The van der Waals surface area contributed by atoms with Crippen molar-refractivity contribution in [1.29, 1.82) is 0 Å². The van der Waals surface area contributed by atoms with Gasteiger partial charge >= 0.3 is 0 Å². The van der Waals surface area contributed by atoms with Gasteiger partial charge in [0.2, 0.25) is 0 Å². The fourth-order valence-corrected chi connectivity index (χ4v) is 3.33. The Morgan fingerprint density at radius 3 is 2.85 bits per heavy atom. The van der Waals surface area contributed by atoms with Gasteiger partial charge in [-0.15, -0.1) is 0 Å². The van der Waals surface area contributed by atoms with Gasteiger partial charge < -0.3 is 5.32 Å². The number of aryl methyl sites for hydroxylation is 2. The molecule has 1 aliphatic carbocycles. The summed E-state index contributed by atoms with van der Waals surface area (Å²) in [5, 5.41) is 9.04. The van der Waals surface area contributed by atoms with Crippen molar-refractivity contribution in [3.63, 3.8) is 0 Å². The first-order chi connectivity index (χ1) is 9.69. The number of nitrogens with zero attached hydrogens (tertiary/aromatic N) is 3. The van der Waals surface area contributed by atoms with E-state index in [0.29, 0.717) is 6.04 Å². The van der Waals surface area contributed by atoms with E-state index < -0.39 is 0 Å². The molecule has 2 fully saturated rings. The number of hydrogen-bond acceptors (Lipinski definition) is 3.